The quantitative estimate of drug-likeness (QED) is 0.762. The minimum atomic E-state index is -1.11. The predicted molar refractivity (Wildman–Crippen MR) is 100.0 cm³/mol. The van der Waals surface area contributed by atoms with Gasteiger partial charge in [-0.1, -0.05) is 13.8 Å². The summed E-state index contributed by atoms with van der Waals surface area (Å²) in [6.45, 7) is 9.26. The van der Waals surface area contributed by atoms with Crippen molar-refractivity contribution in [1.82, 2.24) is 0 Å². The minimum Gasteiger partial charge on any atom is -0.448 e. The van der Waals surface area contributed by atoms with E-state index in [9.17, 15) is 9.59 Å². The average molecular weight is 360 g/mol. The molecule has 0 radical (unpaired) electrons. The average Bonchev–Trinajstić information content (AvgIpc) is 2.91. The summed E-state index contributed by atoms with van der Waals surface area (Å²) in [6.07, 6.45) is 1.21. The van der Waals surface area contributed by atoms with Crippen LogP contribution in [0, 0.1) is 10.8 Å². The fourth-order valence-electron chi connectivity index (χ4n) is 4.33. The van der Waals surface area contributed by atoms with Gasteiger partial charge in [-0.05, 0) is 51.0 Å². The van der Waals surface area contributed by atoms with Gasteiger partial charge in [-0.15, -0.1) is 0 Å². The third kappa shape index (κ3) is 2.42. The van der Waals surface area contributed by atoms with Crippen molar-refractivity contribution in [3.63, 3.8) is 0 Å². The van der Waals surface area contributed by atoms with Gasteiger partial charge in [0.05, 0.1) is 12.0 Å². The Kier molecular flexibility index (Phi) is 4.51. The topological polar surface area (TPSA) is 78.9 Å². The van der Waals surface area contributed by atoms with Gasteiger partial charge in [0.2, 0.25) is 0 Å². The Bertz CT molecular complexity index is 715. The van der Waals surface area contributed by atoms with Gasteiger partial charge < -0.3 is 20.1 Å². The smallest absolute Gasteiger partial charge is 0.313 e. The van der Waals surface area contributed by atoms with Crippen LogP contribution in [0.3, 0.4) is 0 Å². The summed E-state index contributed by atoms with van der Waals surface area (Å²) in [5.74, 6) is -0.533. The highest BCUT2D eigenvalue weighted by Crippen LogP contribution is 2.65. The van der Waals surface area contributed by atoms with Crippen molar-refractivity contribution >= 4 is 23.3 Å². The largest absolute Gasteiger partial charge is 0.448 e. The number of anilines is 2. The SMILES string of the molecule is CCN(CCO)c1ccc(NC(=O)C23CCC(C)(C(=O)O2)C3(C)C)cc1. The third-order valence-corrected chi connectivity index (χ3v) is 6.69. The number of carbonyl (C=O) groups is 2. The number of hydrogen-bond donors (Lipinski definition) is 2. The van der Waals surface area contributed by atoms with E-state index >= 15 is 0 Å². The summed E-state index contributed by atoms with van der Waals surface area (Å²) in [5, 5.41) is 12.1. The number of aliphatic hydroxyl groups excluding tert-OH is 1. The fourth-order valence-corrected chi connectivity index (χ4v) is 4.33. The predicted octanol–water partition coefficient (Wildman–Crippen LogP) is 2.57. The summed E-state index contributed by atoms with van der Waals surface area (Å²) >= 11 is 0. The fraction of sp³-hybridized carbons (Fsp3) is 0.600. The molecular weight excluding hydrogens is 332 g/mol. The molecule has 1 amide bonds. The number of carbonyl (C=O) groups excluding carboxylic acids is 2. The maximum absolute atomic E-state index is 13.0. The van der Waals surface area contributed by atoms with Gasteiger partial charge >= 0.3 is 5.97 Å². The number of nitrogens with zero attached hydrogens (tertiary/aromatic N) is 1. The summed E-state index contributed by atoms with van der Waals surface area (Å²) < 4.78 is 5.62. The first kappa shape index (κ1) is 18.7. The van der Waals surface area contributed by atoms with Crippen molar-refractivity contribution in [2.24, 2.45) is 10.8 Å². The van der Waals surface area contributed by atoms with E-state index in [1.54, 1.807) is 0 Å². The summed E-state index contributed by atoms with van der Waals surface area (Å²) in [5.41, 5.74) is -0.620. The van der Waals surface area contributed by atoms with E-state index in [1.807, 2.05) is 52.0 Å². The Balaban J connectivity index is 1.78. The van der Waals surface area contributed by atoms with E-state index in [-0.39, 0.29) is 18.5 Å². The van der Waals surface area contributed by atoms with Crippen LogP contribution in [0.15, 0.2) is 24.3 Å². The van der Waals surface area contributed by atoms with Crippen molar-refractivity contribution in [2.75, 3.05) is 29.9 Å². The van der Waals surface area contributed by atoms with Gasteiger partial charge in [0.25, 0.3) is 5.91 Å². The molecule has 0 aromatic heterocycles. The van der Waals surface area contributed by atoms with Crippen LogP contribution in [-0.2, 0) is 14.3 Å². The Hall–Kier alpha value is -2.08. The van der Waals surface area contributed by atoms with Crippen LogP contribution in [0.5, 0.6) is 0 Å². The molecule has 2 bridgehead atoms. The Morgan fingerprint density at radius 1 is 1.23 bits per heavy atom. The molecule has 6 heteroatoms. The molecule has 0 spiro atoms. The molecule has 1 aromatic carbocycles. The molecule has 1 aromatic rings. The Labute approximate surface area is 154 Å². The number of nitrogens with one attached hydrogen (secondary N) is 1. The highest BCUT2D eigenvalue weighted by Gasteiger charge is 2.75. The molecule has 1 saturated carbocycles. The zero-order chi connectivity index (χ0) is 19.2. The first-order valence-corrected chi connectivity index (χ1v) is 9.22. The number of aliphatic hydroxyl groups is 1. The van der Waals surface area contributed by atoms with Crippen LogP contribution in [-0.4, -0.2) is 42.3 Å². The van der Waals surface area contributed by atoms with Crippen LogP contribution in [0.4, 0.5) is 11.4 Å². The number of benzene rings is 1. The lowest BCUT2D eigenvalue weighted by molar-refractivity contribution is -0.165. The molecule has 142 valence electrons. The number of fused-ring (bicyclic) bond motifs is 2. The number of esters is 1. The highest BCUT2D eigenvalue weighted by atomic mass is 16.6. The minimum absolute atomic E-state index is 0.0913. The molecule has 2 atom stereocenters. The molecule has 2 unspecified atom stereocenters. The van der Waals surface area contributed by atoms with E-state index < -0.39 is 16.4 Å². The van der Waals surface area contributed by atoms with Crippen LogP contribution in [0.2, 0.25) is 0 Å². The van der Waals surface area contributed by atoms with E-state index in [1.165, 1.54) is 0 Å². The molecule has 1 aliphatic heterocycles. The van der Waals surface area contributed by atoms with Crippen molar-refractivity contribution in [3.8, 4) is 0 Å². The zero-order valence-corrected chi connectivity index (χ0v) is 16.0. The standard InChI is InChI=1S/C20H28N2O4/c1-5-22(12-13-23)15-8-6-14(7-9-15)21-16(24)20-11-10-19(4,17(25)26-20)18(20,2)3/h6-9,23H,5,10-13H2,1-4H3,(H,21,24). The van der Waals surface area contributed by atoms with Crippen LogP contribution in [0.25, 0.3) is 0 Å². The Morgan fingerprint density at radius 3 is 2.35 bits per heavy atom. The van der Waals surface area contributed by atoms with E-state index in [0.29, 0.717) is 25.1 Å². The molecule has 1 heterocycles. The molecule has 1 aliphatic carbocycles. The van der Waals surface area contributed by atoms with E-state index in [2.05, 4.69) is 10.2 Å². The molecule has 2 aliphatic rings. The number of likely N-dealkylation sites (N-methyl/N-ethyl adjacent to an activating group) is 1. The van der Waals surface area contributed by atoms with Gasteiger partial charge in [-0.3, -0.25) is 9.59 Å². The lowest BCUT2D eigenvalue weighted by Crippen LogP contribution is -2.50. The monoisotopic (exact) mass is 360 g/mol. The van der Waals surface area contributed by atoms with Crippen molar-refractivity contribution in [1.29, 1.82) is 0 Å². The summed E-state index contributed by atoms with van der Waals surface area (Å²) in [6, 6.07) is 7.50. The normalized spacial score (nSPS) is 28.7. The first-order chi connectivity index (χ1) is 12.2. The number of amides is 1. The lowest BCUT2D eigenvalue weighted by atomic mass is 9.66. The zero-order valence-electron chi connectivity index (χ0n) is 16.0. The Morgan fingerprint density at radius 2 is 1.88 bits per heavy atom. The van der Waals surface area contributed by atoms with Crippen molar-refractivity contribution < 1.29 is 19.4 Å². The number of ether oxygens (including phenoxy) is 1. The first-order valence-electron chi connectivity index (χ1n) is 9.22. The van der Waals surface area contributed by atoms with Crippen molar-refractivity contribution in [3.05, 3.63) is 24.3 Å². The molecule has 3 rings (SSSR count). The molecule has 26 heavy (non-hydrogen) atoms. The number of rotatable bonds is 6. The van der Waals surface area contributed by atoms with E-state index in [0.717, 1.165) is 12.2 Å². The van der Waals surface area contributed by atoms with Gasteiger partial charge in [-0.25, -0.2) is 0 Å². The van der Waals surface area contributed by atoms with Gasteiger partial charge in [0, 0.05) is 29.9 Å². The van der Waals surface area contributed by atoms with Gasteiger partial charge in [0.15, 0.2) is 5.60 Å². The molecule has 1 saturated heterocycles. The second kappa shape index (κ2) is 6.27. The lowest BCUT2D eigenvalue weighted by Gasteiger charge is -2.35. The maximum atomic E-state index is 13.0. The summed E-state index contributed by atoms with van der Waals surface area (Å²) in [4.78, 5) is 27.4. The highest BCUT2D eigenvalue weighted by molar-refractivity contribution is 6.03. The third-order valence-electron chi connectivity index (χ3n) is 6.69. The van der Waals surface area contributed by atoms with Crippen LogP contribution in [0.1, 0.15) is 40.5 Å². The molecule has 2 fully saturated rings. The molecule has 6 nitrogen and oxygen atoms in total. The van der Waals surface area contributed by atoms with E-state index in [4.69, 9.17) is 9.84 Å². The van der Waals surface area contributed by atoms with Gasteiger partial charge in [0.1, 0.15) is 0 Å². The van der Waals surface area contributed by atoms with Crippen molar-refractivity contribution in [2.45, 2.75) is 46.1 Å². The molecular formula is C20H28N2O4. The molecule has 2 N–H and O–H groups in total. The summed E-state index contributed by atoms with van der Waals surface area (Å²) in [7, 11) is 0. The van der Waals surface area contributed by atoms with Crippen LogP contribution < -0.4 is 10.2 Å². The maximum Gasteiger partial charge on any atom is 0.313 e. The second-order valence-electron chi connectivity index (χ2n) is 7.98. The van der Waals surface area contributed by atoms with Gasteiger partial charge in [-0.2, -0.15) is 0 Å². The number of hydrogen-bond acceptors (Lipinski definition) is 5. The van der Waals surface area contributed by atoms with Crippen LogP contribution >= 0.6 is 0 Å². The second-order valence-corrected chi connectivity index (χ2v) is 7.98.